The second-order valence-electron chi connectivity index (χ2n) is 11.6. The van der Waals surface area contributed by atoms with Gasteiger partial charge >= 0.3 is 5.69 Å². The lowest BCUT2D eigenvalue weighted by molar-refractivity contribution is -0.135. The zero-order valence-corrected chi connectivity index (χ0v) is 22.0. The molecule has 9 heteroatoms. The number of anilines is 1. The quantitative estimate of drug-likeness (QED) is 0.601. The number of benzene rings is 1. The van der Waals surface area contributed by atoms with Crippen molar-refractivity contribution in [3.05, 3.63) is 28.7 Å². The summed E-state index contributed by atoms with van der Waals surface area (Å²) in [7, 11) is 1.76. The van der Waals surface area contributed by atoms with E-state index in [1.165, 1.54) is 64.7 Å². The largest absolute Gasteiger partial charge is 0.371 e. The van der Waals surface area contributed by atoms with Crippen LogP contribution in [0.3, 0.4) is 0 Å². The molecule has 1 unspecified atom stereocenters. The highest BCUT2D eigenvalue weighted by Crippen LogP contribution is 2.33. The molecule has 2 N–H and O–H groups in total. The Hall–Kier alpha value is -2.65. The normalized spacial score (nSPS) is 26.8. The number of aryl methyl sites for hydroxylation is 1. The first-order valence-electron chi connectivity index (χ1n) is 14.2. The standard InChI is InChI=1S/C28H40N6O3/c1-31-25-17-21(2-3-23(25)34(28(31)37)24-4-5-26(35)30-27(24)36)32-12-7-19(8-13-32)16-20-9-14-33(15-10-20)22-6-11-29-18-22/h2-3,17,19-20,22,24,29H,4-16,18H2,1H3,(H,30,35,36)/t22-,24?/m1/s1. The minimum absolute atomic E-state index is 0.212. The molecule has 1 aromatic carbocycles. The summed E-state index contributed by atoms with van der Waals surface area (Å²) < 4.78 is 3.19. The molecule has 9 nitrogen and oxygen atoms in total. The number of imide groups is 1. The lowest BCUT2D eigenvalue weighted by Crippen LogP contribution is -2.44. The topological polar surface area (TPSA) is 91.6 Å². The number of fused-ring (bicyclic) bond motifs is 1. The summed E-state index contributed by atoms with van der Waals surface area (Å²) in [5.41, 5.74) is 2.51. The second-order valence-corrected chi connectivity index (χ2v) is 11.6. The van der Waals surface area contributed by atoms with Crippen LogP contribution in [-0.4, -0.2) is 71.2 Å². The maximum absolute atomic E-state index is 13.1. The van der Waals surface area contributed by atoms with E-state index >= 15 is 0 Å². The maximum atomic E-state index is 13.1. The lowest BCUT2D eigenvalue weighted by atomic mass is 9.82. The second kappa shape index (κ2) is 10.3. The highest BCUT2D eigenvalue weighted by atomic mass is 16.2. The van der Waals surface area contributed by atoms with E-state index in [2.05, 4.69) is 32.6 Å². The molecule has 4 fully saturated rings. The fraction of sp³-hybridized carbons (Fsp3) is 0.679. The van der Waals surface area contributed by atoms with Crippen molar-refractivity contribution in [1.82, 2.24) is 24.7 Å². The van der Waals surface area contributed by atoms with E-state index in [9.17, 15) is 14.4 Å². The molecule has 0 radical (unpaired) electrons. The van der Waals surface area contributed by atoms with E-state index in [4.69, 9.17) is 0 Å². The maximum Gasteiger partial charge on any atom is 0.329 e. The first-order chi connectivity index (χ1) is 18.0. The predicted molar refractivity (Wildman–Crippen MR) is 144 cm³/mol. The number of likely N-dealkylation sites (tertiary alicyclic amines) is 1. The number of piperidine rings is 3. The molecular formula is C28H40N6O3. The van der Waals surface area contributed by atoms with Gasteiger partial charge in [0.25, 0.3) is 0 Å². The number of hydrogen-bond donors (Lipinski definition) is 2. The molecule has 4 saturated heterocycles. The van der Waals surface area contributed by atoms with Gasteiger partial charge in [0.05, 0.1) is 11.0 Å². The Bertz CT molecular complexity index is 1210. The molecule has 6 rings (SSSR count). The fourth-order valence-corrected chi connectivity index (χ4v) is 7.18. The monoisotopic (exact) mass is 508 g/mol. The molecule has 200 valence electrons. The SMILES string of the molecule is Cn1c(=O)n(C2CCC(=O)NC2=O)c2ccc(N3CCC(CC4CCN([C@@H]5CCNC5)CC4)CC3)cc21. The number of nitrogens with one attached hydrogen (secondary N) is 2. The lowest BCUT2D eigenvalue weighted by Gasteiger charge is -2.39. The summed E-state index contributed by atoms with van der Waals surface area (Å²) in [5, 5.41) is 5.89. The summed E-state index contributed by atoms with van der Waals surface area (Å²) in [6.45, 7) is 6.98. The van der Waals surface area contributed by atoms with Gasteiger partial charge in [0, 0.05) is 44.8 Å². The number of rotatable bonds is 5. The highest BCUT2D eigenvalue weighted by molar-refractivity contribution is 6.00. The Morgan fingerprint density at radius 1 is 0.892 bits per heavy atom. The zero-order valence-electron chi connectivity index (χ0n) is 22.0. The van der Waals surface area contributed by atoms with Crippen LogP contribution in [0.5, 0.6) is 0 Å². The van der Waals surface area contributed by atoms with Crippen molar-refractivity contribution in [2.45, 2.75) is 63.5 Å². The van der Waals surface area contributed by atoms with E-state index in [1.807, 2.05) is 6.07 Å². The average molecular weight is 509 g/mol. The van der Waals surface area contributed by atoms with E-state index in [0.717, 1.165) is 47.7 Å². The number of hydrogen-bond acceptors (Lipinski definition) is 6. The molecule has 0 aliphatic carbocycles. The first kappa shape index (κ1) is 24.7. The van der Waals surface area contributed by atoms with Crippen molar-refractivity contribution in [1.29, 1.82) is 0 Å². The van der Waals surface area contributed by atoms with E-state index in [-0.39, 0.29) is 18.0 Å². The molecular weight excluding hydrogens is 468 g/mol. The van der Waals surface area contributed by atoms with Gasteiger partial charge in [0.1, 0.15) is 6.04 Å². The average Bonchev–Trinajstić information content (AvgIpc) is 3.53. The zero-order chi connectivity index (χ0) is 25.5. The minimum atomic E-state index is -0.641. The fourth-order valence-electron chi connectivity index (χ4n) is 7.18. The van der Waals surface area contributed by atoms with Crippen LogP contribution < -0.4 is 21.2 Å². The van der Waals surface area contributed by atoms with Crippen molar-refractivity contribution < 1.29 is 9.59 Å². The van der Waals surface area contributed by atoms with Gasteiger partial charge in [-0.25, -0.2) is 4.79 Å². The molecule has 0 spiro atoms. The Balaban J connectivity index is 1.08. The Labute approximate surface area is 218 Å². The van der Waals surface area contributed by atoms with Crippen molar-refractivity contribution in [2.24, 2.45) is 18.9 Å². The van der Waals surface area contributed by atoms with Crippen molar-refractivity contribution in [3.63, 3.8) is 0 Å². The van der Waals surface area contributed by atoms with Gasteiger partial charge in [0.2, 0.25) is 11.8 Å². The third-order valence-corrected chi connectivity index (χ3v) is 9.44. The molecule has 4 aliphatic heterocycles. The van der Waals surface area contributed by atoms with Crippen LogP contribution in [0.1, 0.15) is 57.4 Å². The van der Waals surface area contributed by atoms with Crippen LogP contribution in [0.15, 0.2) is 23.0 Å². The third kappa shape index (κ3) is 4.83. The summed E-state index contributed by atoms with van der Waals surface area (Å²) in [6, 6.07) is 6.26. The first-order valence-corrected chi connectivity index (χ1v) is 14.2. The van der Waals surface area contributed by atoms with E-state index in [0.29, 0.717) is 6.42 Å². The Morgan fingerprint density at radius 2 is 1.62 bits per heavy atom. The molecule has 2 amide bonds. The smallest absolute Gasteiger partial charge is 0.329 e. The Morgan fingerprint density at radius 3 is 2.30 bits per heavy atom. The summed E-state index contributed by atoms with van der Waals surface area (Å²) in [6.07, 6.45) is 8.44. The van der Waals surface area contributed by atoms with Gasteiger partial charge < -0.3 is 10.2 Å². The summed E-state index contributed by atoms with van der Waals surface area (Å²) in [5.74, 6) is 1.02. The number of amides is 2. The van der Waals surface area contributed by atoms with Gasteiger partial charge in [0.15, 0.2) is 0 Å². The summed E-state index contributed by atoms with van der Waals surface area (Å²) >= 11 is 0. The van der Waals surface area contributed by atoms with Crippen molar-refractivity contribution in [3.8, 4) is 0 Å². The molecule has 2 aromatic rings. The molecule has 0 bridgehead atoms. The van der Waals surface area contributed by atoms with Gasteiger partial charge in [-0.3, -0.25) is 28.9 Å². The van der Waals surface area contributed by atoms with Crippen LogP contribution in [0, 0.1) is 11.8 Å². The molecule has 1 aromatic heterocycles. The van der Waals surface area contributed by atoms with Crippen LogP contribution in [0.25, 0.3) is 11.0 Å². The molecule has 0 saturated carbocycles. The molecule has 4 aliphatic rings. The molecule has 37 heavy (non-hydrogen) atoms. The number of carbonyl (C=O) groups is 2. The summed E-state index contributed by atoms with van der Waals surface area (Å²) in [4.78, 5) is 42.3. The van der Waals surface area contributed by atoms with Crippen LogP contribution >= 0.6 is 0 Å². The van der Waals surface area contributed by atoms with E-state index < -0.39 is 11.9 Å². The van der Waals surface area contributed by atoms with Gasteiger partial charge in [-0.05, 0) is 94.6 Å². The van der Waals surface area contributed by atoms with Crippen LogP contribution in [0.4, 0.5) is 5.69 Å². The number of nitrogens with zero attached hydrogens (tertiary/aromatic N) is 4. The number of aromatic nitrogens is 2. The van der Waals surface area contributed by atoms with Crippen LogP contribution in [-0.2, 0) is 16.6 Å². The number of imidazole rings is 1. The number of carbonyl (C=O) groups excluding carboxylic acids is 2. The van der Waals surface area contributed by atoms with Gasteiger partial charge in [-0.1, -0.05) is 0 Å². The Kier molecular flexibility index (Phi) is 6.84. The predicted octanol–water partition coefficient (Wildman–Crippen LogP) is 2.00. The minimum Gasteiger partial charge on any atom is -0.371 e. The van der Waals surface area contributed by atoms with Gasteiger partial charge in [-0.15, -0.1) is 0 Å². The molecule has 2 atom stereocenters. The van der Waals surface area contributed by atoms with Gasteiger partial charge in [-0.2, -0.15) is 0 Å². The van der Waals surface area contributed by atoms with Crippen molar-refractivity contribution in [2.75, 3.05) is 44.2 Å². The van der Waals surface area contributed by atoms with Crippen LogP contribution in [0.2, 0.25) is 0 Å². The highest BCUT2D eigenvalue weighted by Gasteiger charge is 2.32. The van der Waals surface area contributed by atoms with Crippen molar-refractivity contribution >= 4 is 28.5 Å². The third-order valence-electron chi connectivity index (χ3n) is 9.44. The molecule has 5 heterocycles. The van der Waals surface area contributed by atoms with E-state index in [1.54, 1.807) is 16.2 Å².